The minimum Gasteiger partial charge on any atom is -0.481 e. The molecule has 1 aliphatic rings. The predicted molar refractivity (Wildman–Crippen MR) is 304 cm³/mol. The molecule has 0 bridgehead atoms. The maximum absolute atomic E-state index is 14.8. The second-order valence-corrected chi connectivity index (χ2v) is 23.3. The second kappa shape index (κ2) is 38.8. The smallest absolute Gasteiger partial charge is 0.329 e. The molecule has 13 atom stereocenters. The molecule has 0 spiro atoms. The van der Waals surface area contributed by atoms with Crippen LogP contribution in [-0.2, 0) is 57.5 Å². The van der Waals surface area contributed by atoms with Crippen LogP contribution in [-0.4, -0.2) is 165 Å². The molecule has 13 N–H and O–H groups in total. The van der Waals surface area contributed by atoms with Crippen molar-refractivity contribution in [2.24, 2.45) is 29.6 Å². The van der Waals surface area contributed by atoms with Gasteiger partial charge in [0.15, 0.2) is 0 Å². The summed E-state index contributed by atoms with van der Waals surface area (Å²) < 4.78 is 5.85. The predicted octanol–water partition coefficient (Wildman–Crippen LogP) is 1.27. The number of amides is 9. The van der Waals surface area contributed by atoms with Gasteiger partial charge in [-0.05, 0) is 68.6 Å². The first kappa shape index (κ1) is 74.1. The SMILES string of the molecule is CCCCCCCCC[C@@H](O)CC(=O)N[C@@H](CC(C)C)C(=O)N[C@H](CCC(=O)O)C(=O)N[C@H]1C(=O)N[C@@H]([C@@H](C)CC)C(=O)N[C@@H](CC(C)C)C(=O)N[C@H](CO)C(=O)N[C@@H](CC(C)C)C(=O)N[C@H](CO)C(=O)N[C@H]([C@@H](C)CC)C(=O)O[C@@H]1C. The van der Waals surface area contributed by atoms with Crippen LogP contribution in [0.15, 0.2) is 0 Å². The van der Waals surface area contributed by atoms with Crippen molar-refractivity contribution in [1.82, 2.24) is 47.9 Å². The van der Waals surface area contributed by atoms with E-state index in [1.807, 2.05) is 0 Å². The number of nitrogens with one attached hydrogen (secondary N) is 9. The molecule has 1 heterocycles. The molecule has 82 heavy (non-hydrogen) atoms. The van der Waals surface area contributed by atoms with E-state index in [2.05, 4.69) is 54.8 Å². The Hall–Kier alpha value is -5.95. The highest BCUT2D eigenvalue weighted by Crippen LogP contribution is 2.18. The van der Waals surface area contributed by atoms with Crippen LogP contribution >= 0.6 is 0 Å². The van der Waals surface area contributed by atoms with Gasteiger partial charge >= 0.3 is 11.9 Å². The number of unbranched alkanes of at least 4 members (excludes halogenated alkanes) is 6. The molecule has 0 aromatic carbocycles. The summed E-state index contributed by atoms with van der Waals surface area (Å²) in [5.41, 5.74) is 0. The molecule has 0 radical (unpaired) electrons. The molecular weight excluding hydrogens is 1070 g/mol. The first-order valence-corrected chi connectivity index (χ1v) is 29.6. The van der Waals surface area contributed by atoms with Crippen LogP contribution in [0.25, 0.3) is 0 Å². The number of cyclic esters (lactones) is 1. The number of esters is 1. The van der Waals surface area contributed by atoms with Gasteiger partial charge in [0.05, 0.1) is 25.7 Å². The van der Waals surface area contributed by atoms with Crippen LogP contribution in [0.1, 0.15) is 186 Å². The van der Waals surface area contributed by atoms with E-state index < -0.39 is 170 Å². The largest absolute Gasteiger partial charge is 0.481 e. The molecule has 0 aliphatic carbocycles. The number of carbonyl (C=O) groups is 11. The molecule has 1 aliphatic heterocycles. The van der Waals surface area contributed by atoms with Gasteiger partial charge in [-0.25, -0.2) is 4.79 Å². The van der Waals surface area contributed by atoms with Gasteiger partial charge < -0.3 is 73.0 Å². The lowest BCUT2D eigenvalue weighted by atomic mass is 9.96. The number of hydrogen-bond donors (Lipinski definition) is 13. The lowest BCUT2D eigenvalue weighted by molar-refractivity contribution is -0.158. The maximum Gasteiger partial charge on any atom is 0.329 e. The Balaban J connectivity index is 3.98. The van der Waals surface area contributed by atoms with E-state index in [0.717, 1.165) is 38.5 Å². The van der Waals surface area contributed by atoms with Crippen molar-refractivity contribution in [1.29, 1.82) is 0 Å². The van der Waals surface area contributed by atoms with Gasteiger partial charge in [-0.1, -0.05) is 134 Å². The second-order valence-electron chi connectivity index (χ2n) is 23.3. The maximum atomic E-state index is 14.8. The molecule has 25 nitrogen and oxygen atoms in total. The number of carbonyl (C=O) groups excluding carboxylic acids is 10. The number of aliphatic carboxylic acids is 1. The third-order valence-electron chi connectivity index (χ3n) is 14.4. The standard InChI is InChI=1S/C57H101N9O16/c1-13-16-17-18-19-20-21-22-37(69)28-44(70)58-39(25-31(4)5)50(74)59-38(23-24-45(71)72)49(73)66-48-36(12)82-57(81)47(35(11)15-3)65-54(78)43(30-68)63-51(75)40(26-32(6)7)60-53(77)42(29-67)62-52(76)41(27-33(8)9)61-55(79)46(34(10)14-2)64-56(48)80/h31-43,46-48,67-69H,13-30H2,1-12H3,(H,58,70)(H,59,74)(H,60,77)(H,61,79)(H,62,76)(H,63,75)(H,64,80)(H,65,78)(H,66,73)(H,71,72)/t34-,35-,36+,37+,38+,39-,40-,41-,42+,43+,46-,47+,48+/m0/s1. The molecule has 1 saturated heterocycles. The van der Waals surface area contributed by atoms with Crippen molar-refractivity contribution in [3.05, 3.63) is 0 Å². The van der Waals surface area contributed by atoms with Crippen LogP contribution in [0.2, 0.25) is 0 Å². The van der Waals surface area contributed by atoms with E-state index in [1.54, 1.807) is 69.2 Å². The first-order valence-electron chi connectivity index (χ1n) is 29.6. The van der Waals surface area contributed by atoms with E-state index in [-0.39, 0.29) is 56.3 Å². The van der Waals surface area contributed by atoms with Crippen molar-refractivity contribution in [2.75, 3.05) is 13.2 Å². The van der Waals surface area contributed by atoms with Gasteiger partial charge in [0.1, 0.15) is 60.5 Å². The molecular formula is C57H101N9O16. The molecule has 0 unspecified atom stereocenters. The summed E-state index contributed by atoms with van der Waals surface area (Å²) >= 11 is 0. The fraction of sp³-hybridized carbons (Fsp3) is 0.807. The Bertz CT molecular complexity index is 2080. The van der Waals surface area contributed by atoms with Crippen molar-refractivity contribution >= 4 is 65.1 Å². The monoisotopic (exact) mass is 1170 g/mol. The van der Waals surface area contributed by atoms with Gasteiger partial charge in [-0.3, -0.25) is 47.9 Å². The van der Waals surface area contributed by atoms with Gasteiger partial charge in [0, 0.05) is 6.42 Å². The van der Waals surface area contributed by atoms with Gasteiger partial charge in [-0.2, -0.15) is 0 Å². The molecule has 0 aromatic heterocycles. The van der Waals surface area contributed by atoms with E-state index >= 15 is 0 Å². The normalized spacial score (nSPS) is 23.9. The number of aliphatic hydroxyl groups is 3. The van der Waals surface area contributed by atoms with Crippen LogP contribution < -0.4 is 47.9 Å². The number of rotatable bonds is 30. The zero-order valence-corrected chi connectivity index (χ0v) is 50.7. The van der Waals surface area contributed by atoms with Crippen LogP contribution in [0.5, 0.6) is 0 Å². The van der Waals surface area contributed by atoms with Gasteiger partial charge in [0.2, 0.25) is 53.2 Å². The fourth-order valence-corrected chi connectivity index (χ4v) is 9.13. The molecule has 0 saturated carbocycles. The van der Waals surface area contributed by atoms with Crippen molar-refractivity contribution in [3.63, 3.8) is 0 Å². The molecule has 25 heteroatoms. The third-order valence-corrected chi connectivity index (χ3v) is 14.4. The lowest BCUT2D eigenvalue weighted by Gasteiger charge is -2.32. The van der Waals surface area contributed by atoms with Crippen molar-refractivity contribution < 1.29 is 77.9 Å². The van der Waals surface area contributed by atoms with Gasteiger partial charge in [0.25, 0.3) is 0 Å². The molecule has 1 rings (SSSR count). The summed E-state index contributed by atoms with van der Waals surface area (Å²) in [4.78, 5) is 153. The highest BCUT2D eigenvalue weighted by molar-refractivity contribution is 5.99. The number of aliphatic hydroxyl groups excluding tert-OH is 3. The third kappa shape index (κ3) is 27.4. The molecule has 1 fully saturated rings. The average Bonchev–Trinajstić information content (AvgIpc) is 3.58. The topological polar surface area (TPSA) is 386 Å². The van der Waals surface area contributed by atoms with E-state index in [4.69, 9.17) is 4.74 Å². The molecule has 470 valence electrons. The lowest BCUT2D eigenvalue weighted by Crippen LogP contribution is -2.64. The van der Waals surface area contributed by atoms with E-state index in [1.165, 1.54) is 6.92 Å². The Labute approximate surface area is 484 Å². The number of carboxylic acids is 1. The Morgan fingerprint density at radius 2 is 1.01 bits per heavy atom. The minimum absolute atomic E-state index is 0.00953. The average molecular weight is 1170 g/mol. The van der Waals surface area contributed by atoms with Gasteiger partial charge in [-0.15, -0.1) is 0 Å². The van der Waals surface area contributed by atoms with Crippen molar-refractivity contribution in [3.8, 4) is 0 Å². The van der Waals surface area contributed by atoms with E-state index in [0.29, 0.717) is 12.8 Å². The zero-order chi connectivity index (χ0) is 62.4. The van der Waals surface area contributed by atoms with Crippen LogP contribution in [0.4, 0.5) is 0 Å². The quantitative estimate of drug-likeness (QED) is 0.0356. The number of carboxylic acid groups (broad SMARTS) is 1. The number of ether oxygens (including phenoxy) is 1. The highest BCUT2D eigenvalue weighted by atomic mass is 16.5. The summed E-state index contributed by atoms with van der Waals surface area (Å²) in [5, 5.41) is 63.9. The molecule has 0 aromatic rings. The first-order chi connectivity index (χ1) is 38.5. The Kier molecular flexibility index (Phi) is 35.0. The summed E-state index contributed by atoms with van der Waals surface area (Å²) in [7, 11) is 0. The number of hydrogen-bond acceptors (Lipinski definition) is 15. The fourth-order valence-electron chi connectivity index (χ4n) is 9.13. The van der Waals surface area contributed by atoms with Crippen LogP contribution in [0.3, 0.4) is 0 Å². The Morgan fingerprint density at radius 3 is 1.50 bits per heavy atom. The minimum atomic E-state index is -1.95. The Morgan fingerprint density at radius 1 is 0.549 bits per heavy atom. The molecule has 9 amide bonds. The highest BCUT2D eigenvalue weighted by Gasteiger charge is 2.41. The zero-order valence-electron chi connectivity index (χ0n) is 50.7. The van der Waals surface area contributed by atoms with Crippen LogP contribution in [0, 0.1) is 29.6 Å². The summed E-state index contributed by atoms with van der Waals surface area (Å²) in [6.45, 7) is 18.5. The summed E-state index contributed by atoms with van der Waals surface area (Å²) in [5.74, 6) is -13.3. The summed E-state index contributed by atoms with van der Waals surface area (Å²) in [6, 6.07) is -14.1. The summed E-state index contributed by atoms with van der Waals surface area (Å²) in [6.07, 6.45) is 3.74. The van der Waals surface area contributed by atoms with Crippen molar-refractivity contribution in [2.45, 2.75) is 252 Å². The van der Waals surface area contributed by atoms with E-state index in [9.17, 15) is 73.2 Å².